The third-order valence-electron chi connectivity index (χ3n) is 4.66. The second-order valence-electron chi connectivity index (χ2n) is 6.54. The summed E-state index contributed by atoms with van der Waals surface area (Å²) in [6, 6.07) is 9.79. The van der Waals surface area contributed by atoms with Crippen molar-refractivity contribution < 1.29 is 22.9 Å². The van der Waals surface area contributed by atoms with Gasteiger partial charge < -0.3 is 10.0 Å². The molecular formula is C18H16F3N3O2. The molecule has 1 aliphatic carbocycles. The number of aliphatic hydroxyl groups excluding tert-OH is 1. The van der Waals surface area contributed by atoms with Crippen LogP contribution in [0.2, 0.25) is 0 Å². The van der Waals surface area contributed by atoms with Crippen LogP contribution in [0.1, 0.15) is 24.5 Å². The van der Waals surface area contributed by atoms with E-state index in [1.807, 2.05) is 13.1 Å². The Balaban J connectivity index is 1.79. The van der Waals surface area contributed by atoms with Crippen molar-refractivity contribution in [1.29, 1.82) is 0 Å². The van der Waals surface area contributed by atoms with Gasteiger partial charge in [-0.05, 0) is 58.0 Å². The second-order valence-corrected chi connectivity index (χ2v) is 6.54. The normalized spacial score (nSPS) is 16.0. The summed E-state index contributed by atoms with van der Waals surface area (Å²) in [6.45, 7) is 0. The average Bonchev–Trinajstić information content (AvgIpc) is 3.36. The van der Waals surface area contributed by atoms with Crippen LogP contribution in [0.15, 0.2) is 41.0 Å². The Morgan fingerprint density at radius 2 is 1.92 bits per heavy atom. The summed E-state index contributed by atoms with van der Waals surface area (Å²) in [5.74, 6) is 0. The summed E-state index contributed by atoms with van der Waals surface area (Å²) in [6.07, 6.45) is -5.06. The highest BCUT2D eigenvalue weighted by atomic mass is 19.4. The number of alkyl halides is 3. The summed E-state index contributed by atoms with van der Waals surface area (Å²) in [7, 11) is 1.95. The first-order valence-corrected chi connectivity index (χ1v) is 8.19. The van der Waals surface area contributed by atoms with Crippen molar-refractivity contribution in [2.75, 3.05) is 11.9 Å². The minimum absolute atomic E-state index is 0.203. The maximum absolute atomic E-state index is 12.8. The van der Waals surface area contributed by atoms with Gasteiger partial charge in [0.15, 0.2) is 11.6 Å². The van der Waals surface area contributed by atoms with E-state index in [0.29, 0.717) is 28.2 Å². The molecule has 8 heteroatoms. The van der Waals surface area contributed by atoms with Crippen LogP contribution < -0.4 is 4.90 Å². The van der Waals surface area contributed by atoms with Crippen LogP contribution in [0.5, 0.6) is 0 Å². The number of halogens is 3. The smallest absolute Gasteiger partial charge is 0.379 e. The van der Waals surface area contributed by atoms with Gasteiger partial charge in [0, 0.05) is 13.1 Å². The predicted molar refractivity (Wildman–Crippen MR) is 89.7 cm³/mol. The van der Waals surface area contributed by atoms with Crippen LogP contribution in [0.25, 0.3) is 22.2 Å². The van der Waals surface area contributed by atoms with Gasteiger partial charge >= 0.3 is 6.18 Å². The van der Waals surface area contributed by atoms with E-state index in [-0.39, 0.29) is 5.56 Å². The standard InChI is InChI=1S/C18H16F3N3O2/c1-24(13-5-6-13)15-9-12(8-14-16(15)23-26-22-14)10-3-2-4-11(7-10)17(25)18(19,20)21/h2-4,7-9,13,17,25H,5-6H2,1H3. The van der Waals surface area contributed by atoms with Gasteiger partial charge in [0.1, 0.15) is 5.52 Å². The van der Waals surface area contributed by atoms with Crippen molar-refractivity contribution >= 4 is 16.7 Å². The van der Waals surface area contributed by atoms with Crippen molar-refractivity contribution in [2.24, 2.45) is 0 Å². The molecule has 26 heavy (non-hydrogen) atoms. The fourth-order valence-electron chi connectivity index (χ4n) is 3.04. The number of anilines is 1. The Morgan fingerprint density at radius 3 is 2.62 bits per heavy atom. The SMILES string of the molecule is CN(c1cc(-c2cccc(C(O)C(F)(F)F)c2)cc2nonc12)C1CC1. The summed E-state index contributed by atoms with van der Waals surface area (Å²) in [5, 5.41) is 17.3. The third-order valence-corrected chi connectivity index (χ3v) is 4.66. The molecule has 1 heterocycles. The molecule has 5 nitrogen and oxygen atoms in total. The zero-order chi connectivity index (χ0) is 18.5. The molecule has 1 N–H and O–H groups in total. The summed E-state index contributed by atoms with van der Waals surface area (Å²) in [5.41, 5.74) is 3.02. The first-order valence-electron chi connectivity index (χ1n) is 8.19. The van der Waals surface area contributed by atoms with Gasteiger partial charge in [-0.1, -0.05) is 18.2 Å². The monoisotopic (exact) mass is 363 g/mol. The van der Waals surface area contributed by atoms with E-state index in [2.05, 4.69) is 15.2 Å². The minimum atomic E-state index is -4.71. The zero-order valence-electron chi connectivity index (χ0n) is 13.9. The van der Waals surface area contributed by atoms with E-state index < -0.39 is 12.3 Å². The zero-order valence-corrected chi connectivity index (χ0v) is 13.9. The number of rotatable bonds is 4. The summed E-state index contributed by atoms with van der Waals surface area (Å²) >= 11 is 0. The van der Waals surface area contributed by atoms with Gasteiger partial charge in [-0.15, -0.1) is 0 Å². The van der Waals surface area contributed by atoms with Crippen molar-refractivity contribution in [3.05, 3.63) is 42.0 Å². The number of hydrogen-bond acceptors (Lipinski definition) is 5. The molecule has 2 aromatic carbocycles. The molecule has 0 bridgehead atoms. The Morgan fingerprint density at radius 1 is 1.15 bits per heavy atom. The Bertz CT molecular complexity index is 950. The van der Waals surface area contributed by atoms with E-state index in [1.165, 1.54) is 18.2 Å². The van der Waals surface area contributed by atoms with Crippen molar-refractivity contribution in [2.45, 2.75) is 31.2 Å². The maximum atomic E-state index is 12.8. The molecule has 3 aromatic rings. The maximum Gasteiger partial charge on any atom is 0.418 e. The van der Waals surface area contributed by atoms with E-state index in [4.69, 9.17) is 4.63 Å². The molecule has 1 aromatic heterocycles. The second kappa shape index (κ2) is 5.98. The molecule has 0 saturated heterocycles. The fraction of sp³-hybridized carbons (Fsp3) is 0.333. The topological polar surface area (TPSA) is 62.4 Å². The molecule has 1 saturated carbocycles. The van der Waals surface area contributed by atoms with Crippen molar-refractivity contribution in [1.82, 2.24) is 10.3 Å². The van der Waals surface area contributed by atoms with Gasteiger partial charge in [0.2, 0.25) is 0 Å². The first-order chi connectivity index (χ1) is 12.3. The lowest BCUT2D eigenvalue weighted by Gasteiger charge is -2.20. The molecule has 0 aliphatic heterocycles. The highest BCUT2D eigenvalue weighted by Crippen LogP contribution is 2.38. The van der Waals surface area contributed by atoms with Crippen molar-refractivity contribution in [3.8, 4) is 11.1 Å². The average molecular weight is 363 g/mol. The fourth-order valence-corrected chi connectivity index (χ4v) is 3.04. The molecule has 0 amide bonds. The molecule has 4 rings (SSSR count). The van der Waals surface area contributed by atoms with Crippen LogP contribution in [0.4, 0.5) is 18.9 Å². The van der Waals surface area contributed by atoms with E-state index >= 15 is 0 Å². The Hall–Kier alpha value is -2.61. The van der Waals surface area contributed by atoms with E-state index in [9.17, 15) is 18.3 Å². The molecular weight excluding hydrogens is 347 g/mol. The molecule has 1 aliphatic rings. The Labute approximate surface area is 147 Å². The summed E-state index contributed by atoms with van der Waals surface area (Å²) < 4.78 is 43.3. The molecule has 1 unspecified atom stereocenters. The van der Waals surface area contributed by atoms with Crippen LogP contribution in [-0.4, -0.2) is 34.7 Å². The number of aromatic nitrogens is 2. The van der Waals surface area contributed by atoms with Gasteiger partial charge in [0.05, 0.1) is 5.69 Å². The van der Waals surface area contributed by atoms with Crippen LogP contribution in [0, 0.1) is 0 Å². The van der Waals surface area contributed by atoms with E-state index in [1.54, 1.807) is 12.1 Å². The van der Waals surface area contributed by atoms with Crippen molar-refractivity contribution in [3.63, 3.8) is 0 Å². The lowest BCUT2D eigenvalue weighted by Crippen LogP contribution is -2.20. The highest BCUT2D eigenvalue weighted by Gasteiger charge is 2.39. The van der Waals surface area contributed by atoms with Crippen LogP contribution in [-0.2, 0) is 0 Å². The number of aliphatic hydroxyl groups is 1. The predicted octanol–water partition coefficient (Wildman–Crippen LogP) is 4.08. The molecule has 136 valence electrons. The quantitative estimate of drug-likeness (QED) is 0.757. The highest BCUT2D eigenvalue weighted by molar-refractivity contribution is 5.92. The largest absolute Gasteiger partial charge is 0.418 e. The number of benzene rings is 2. The van der Waals surface area contributed by atoms with E-state index in [0.717, 1.165) is 18.5 Å². The number of nitrogens with zero attached hydrogens (tertiary/aromatic N) is 3. The van der Waals surface area contributed by atoms with Crippen LogP contribution in [0.3, 0.4) is 0 Å². The van der Waals surface area contributed by atoms with Gasteiger partial charge in [-0.3, -0.25) is 0 Å². The first kappa shape index (κ1) is 16.8. The van der Waals surface area contributed by atoms with Gasteiger partial charge in [-0.25, -0.2) is 4.63 Å². The molecule has 1 fully saturated rings. The number of hydrogen-bond donors (Lipinski definition) is 1. The van der Waals surface area contributed by atoms with Gasteiger partial charge in [-0.2, -0.15) is 13.2 Å². The minimum Gasteiger partial charge on any atom is -0.379 e. The third kappa shape index (κ3) is 3.01. The van der Waals surface area contributed by atoms with Gasteiger partial charge in [0.25, 0.3) is 0 Å². The molecule has 1 atom stereocenters. The summed E-state index contributed by atoms with van der Waals surface area (Å²) in [4.78, 5) is 2.09. The Kier molecular flexibility index (Phi) is 3.87. The lowest BCUT2D eigenvalue weighted by atomic mass is 9.99. The molecule has 0 spiro atoms. The molecule has 0 radical (unpaired) electrons. The number of fused-ring (bicyclic) bond motifs is 1. The lowest BCUT2D eigenvalue weighted by molar-refractivity contribution is -0.206. The van der Waals surface area contributed by atoms with Crippen LogP contribution >= 0.6 is 0 Å².